The molecule has 0 N–H and O–H groups in total. The minimum Gasteiger partial charge on any atom is -0.378 e. The molecule has 5 nitrogen and oxygen atoms in total. The van der Waals surface area contributed by atoms with Crippen molar-refractivity contribution >= 4 is 39.5 Å². The Morgan fingerprint density at radius 3 is 2.31 bits per heavy atom. The first-order chi connectivity index (χ1) is 17.6. The lowest BCUT2D eigenvalue weighted by Gasteiger charge is -2.28. The number of morpholine rings is 1. The first-order valence-corrected chi connectivity index (χ1v) is 13.5. The highest BCUT2D eigenvalue weighted by molar-refractivity contribution is 7.14. The highest BCUT2D eigenvalue weighted by Crippen LogP contribution is 2.40. The van der Waals surface area contributed by atoms with E-state index < -0.39 is 0 Å². The van der Waals surface area contributed by atoms with Gasteiger partial charge in [0, 0.05) is 41.2 Å². The Morgan fingerprint density at radius 2 is 1.58 bits per heavy atom. The number of halogens is 1. The second kappa shape index (κ2) is 10.1. The normalized spacial score (nSPS) is 17.9. The maximum absolute atomic E-state index is 6.19. The van der Waals surface area contributed by atoms with Crippen molar-refractivity contribution in [3.8, 4) is 11.3 Å². The third-order valence-electron chi connectivity index (χ3n) is 6.78. The van der Waals surface area contributed by atoms with E-state index in [1.807, 2.05) is 12.1 Å². The molecule has 1 aromatic heterocycles. The quantitative estimate of drug-likeness (QED) is 0.288. The molecule has 0 saturated carbocycles. The highest BCUT2D eigenvalue weighted by Gasteiger charge is 2.32. The van der Waals surface area contributed by atoms with E-state index in [0.29, 0.717) is 0 Å². The zero-order valence-corrected chi connectivity index (χ0v) is 21.7. The van der Waals surface area contributed by atoms with Crippen molar-refractivity contribution in [2.75, 3.05) is 36.2 Å². The van der Waals surface area contributed by atoms with Gasteiger partial charge in [-0.05, 0) is 42.3 Å². The van der Waals surface area contributed by atoms with Crippen LogP contribution in [0.25, 0.3) is 11.3 Å². The topological polar surface area (TPSA) is 41.0 Å². The molecule has 6 rings (SSSR count). The molecule has 36 heavy (non-hydrogen) atoms. The lowest BCUT2D eigenvalue weighted by molar-refractivity contribution is 0.122. The summed E-state index contributed by atoms with van der Waals surface area (Å²) in [6, 6.07) is 25.4. The number of thiazole rings is 1. The van der Waals surface area contributed by atoms with Crippen molar-refractivity contribution in [1.29, 1.82) is 0 Å². The second-order valence-corrected chi connectivity index (χ2v) is 10.5. The summed E-state index contributed by atoms with van der Waals surface area (Å²) < 4.78 is 5.50. The number of ether oxygens (including phenoxy) is 1. The van der Waals surface area contributed by atoms with Gasteiger partial charge < -0.3 is 9.64 Å². The van der Waals surface area contributed by atoms with Crippen LogP contribution in [0.3, 0.4) is 0 Å². The van der Waals surface area contributed by atoms with Crippen molar-refractivity contribution in [3.63, 3.8) is 0 Å². The summed E-state index contributed by atoms with van der Waals surface area (Å²) in [5.74, 6) is 0. The molecule has 1 unspecified atom stereocenters. The van der Waals surface area contributed by atoms with Gasteiger partial charge in [-0.1, -0.05) is 65.7 Å². The molecule has 0 amide bonds. The Balaban J connectivity index is 1.31. The minimum atomic E-state index is 0.0632. The minimum absolute atomic E-state index is 0.0632. The van der Waals surface area contributed by atoms with Gasteiger partial charge >= 0.3 is 0 Å². The second-order valence-electron chi connectivity index (χ2n) is 9.19. The summed E-state index contributed by atoms with van der Waals surface area (Å²) in [7, 11) is 0. The van der Waals surface area contributed by atoms with Gasteiger partial charge in [0.05, 0.1) is 30.7 Å². The number of nitrogens with zero attached hydrogens (tertiary/aromatic N) is 4. The monoisotopic (exact) mass is 514 g/mol. The standard InChI is InChI=1S/C29H27ClN4OS/c1-20-2-4-22(5-3-20)27-19-36-29(31-27)34-28(23-6-10-24(30)11-7-23)18-26(32-34)21-8-12-25(13-9-21)33-14-16-35-17-15-33/h2-13,19,28H,14-18H2,1H3. The predicted octanol–water partition coefficient (Wildman–Crippen LogP) is 6.96. The highest BCUT2D eigenvalue weighted by atomic mass is 35.5. The number of hydrazone groups is 1. The van der Waals surface area contributed by atoms with Crippen molar-refractivity contribution < 1.29 is 4.74 Å². The van der Waals surface area contributed by atoms with E-state index in [0.717, 1.165) is 65.4 Å². The largest absolute Gasteiger partial charge is 0.378 e. The Kier molecular flexibility index (Phi) is 6.48. The molecule has 3 heterocycles. The molecule has 4 aromatic rings. The molecule has 1 saturated heterocycles. The lowest BCUT2D eigenvalue weighted by atomic mass is 9.98. The van der Waals surface area contributed by atoms with E-state index in [-0.39, 0.29) is 6.04 Å². The predicted molar refractivity (Wildman–Crippen MR) is 150 cm³/mol. The van der Waals surface area contributed by atoms with Crippen LogP contribution in [0.5, 0.6) is 0 Å². The Labute approximate surface area is 220 Å². The zero-order valence-electron chi connectivity index (χ0n) is 20.1. The van der Waals surface area contributed by atoms with E-state index in [9.17, 15) is 0 Å². The average molecular weight is 515 g/mol. The van der Waals surface area contributed by atoms with E-state index in [1.54, 1.807) is 11.3 Å². The van der Waals surface area contributed by atoms with Crippen LogP contribution in [0, 0.1) is 6.92 Å². The number of rotatable bonds is 5. The summed E-state index contributed by atoms with van der Waals surface area (Å²) in [5.41, 5.74) is 7.95. The van der Waals surface area contributed by atoms with Crippen LogP contribution in [0.4, 0.5) is 10.8 Å². The van der Waals surface area contributed by atoms with E-state index >= 15 is 0 Å². The van der Waals surface area contributed by atoms with Gasteiger partial charge in [-0.15, -0.1) is 11.3 Å². The average Bonchev–Trinajstić information content (AvgIpc) is 3.58. The molecule has 0 radical (unpaired) electrons. The van der Waals surface area contributed by atoms with Crippen molar-refractivity contribution in [1.82, 2.24) is 4.98 Å². The third kappa shape index (κ3) is 4.76. The van der Waals surface area contributed by atoms with E-state index in [4.69, 9.17) is 26.4 Å². The number of benzene rings is 3. The number of aromatic nitrogens is 1. The number of hydrogen-bond acceptors (Lipinski definition) is 6. The maximum Gasteiger partial charge on any atom is 0.207 e. The number of anilines is 2. The van der Waals surface area contributed by atoms with Gasteiger partial charge in [-0.25, -0.2) is 9.99 Å². The zero-order chi connectivity index (χ0) is 24.5. The first kappa shape index (κ1) is 23.2. The Hall–Kier alpha value is -3.19. The molecule has 7 heteroatoms. The Bertz CT molecular complexity index is 1360. The summed E-state index contributed by atoms with van der Waals surface area (Å²) in [6.07, 6.45) is 0.804. The summed E-state index contributed by atoms with van der Waals surface area (Å²) >= 11 is 7.82. The molecular weight excluding hydrogens is 488 g/mol. The van der Waals surface area contributed by atoms with Gasteiger partial charge in [0.15, 0.2) is 0 Å². The maximum atomic E-state index is 6.19. The van der Waals surface area contributed by atoms with Crippen LogP contribution in [-0.2, 0) is 4.74 Å². The molecule has 0 bridgehead atoms. The fourth-order valence-electron chi connectivity index (χ4n) is 4.72. The lowest BCUT2D eigenvalue weighted by Crippen LogP contribution is -2.36. The van der Waals surface area contributed by atoms with Gasteiger partial charge in [-0.3, -0.25) is 0 Å². The summed E-state index contributed by atoms with van der Waals surface area (Å²) in [5, 5.41) is 10.9. The molecule has 0 aliphatic carbocycles. The fraction of sp³-hybridized carbons (Fsp3) is 0.241. The fourth-order valence-corrected chi connectivity index (χ4v) is 5.68. The van der Waals surface area contributed by atoms with Crippen LogP contribution < -0.4 is 9.91 Å². The number of aryl methyl sites for hydroxylation is 1. The molecule has 2 aliphatic rings. The smallest absolute Gasteiger partial charge is 0.207 e. The molecular formula is C29H27ClN4OS. The van der Waals surface area contributed by atoms with E-state index in [1.165, 1.54) is 16.8 Å². The van der Waals surface area contributed by atoms with Crippen molar-refractivity contribution in [2.24, 2.45) is 5.10 Å². The molecule has 1 fully saturated rings. The van der Waals surface area contributed by atoms with Gasteiger partial charge in [-0.2, -0.15) is 5.10 Å². The van der Waals surface area contributed by atoms with Gasteiger partial charge in [0.2, 0.25) is 5.13 Å². The molecule has 1 atom stereocenters. The number of hydrogen-bond donors (Lipinski definition) is 0. The molecule has 3 aromatic carbocycles. The van der Waals surface area contributed by atoms with Crippen LogP contribution in [0.1, 0.15) is 29.2 Å². The van der Waals surface area contributed by atoms with Crippen LogP contribution in [0.15, 0.2) is 83.3 Å². The van der Waals surface area contributed by atoms with Crippen LogP contribution >= 0.6 is 22.9 Å². The Morgan fingerprint density at radius 1 is 0.889 bits per heavy atom. The third-order valence-corrected chi connectivity index (χ3v) is 7.86. The van der Waals surface area contributed by atoms with Crippen LogP contribution in [-0.4, -0.2) is 37.0 Å². The summed E-state index contributed by atoms with van der Waals surface area (Å²) in [6.45, 7) is 5.52. The van der Waals surface area contributed by atoms with Gasteiger partial charge in [0.1, 0.15) is 0 Å². The molecule has 182 valence electrons. The van der Waals surface area contributed by atoms with Crippen molar-refractivity contribution in [3.05, 3.63) is 99.9 Å². The van der Waals surface area contributed by atoms with Crippen molar-refractivity contribution in [2.45, 2.75) is 19.4 Å². The first-order valence-electron chi connectivity index (χ1n) is 12.2. The molecule has 0 spiro atoms. The van der Waals surface area contributed by atoms with E-state index in [2.05, 4.69) is 82.9 Å². The molecule has 2 aliphatic heterocycles. The van der Waals surface area contributed by atoms with Gasteiger partial charge in [0.25, 0.3) is 0 Å². The summed E-state index contributed by atoms with van der Waals surface area (Å²) in [4.78, 5) is 7.35. The van der Waals surface area contributed by atoms with Crippen LogP contribution in [0.2, 0.25) is 5.02 Å². The SMILES string of the molecule is Cc1ccc(-c2csc(N3N=C(c4ccc(N5CCOCC5)cc4)CC3c3ccc(Cl)cc3)n2)cc1.